The molecule has 4 nitrogen and oxygen atoms in total. The Morgan fingerprint density at radius 3 is 2.44 bits per heavy atom. The number of carbonyl (C=O) groups excluding carboxylic acids is 2. The van der Waals surface area contributed by atoms with E-state index in [1.807, 2.05) is 18.7 Å². The van der Waals surface area contributed by atoms with Crippen LogP contribution in [0.4, 0.5) is 0 Å². The van der Waals surface area contributed by atoms with Gasteiger partial charge in [0, 0.05) is 25.6 Å². The van der Waals surface area contributed by atoms with Crippen LogP contribution >= 0.6 is 0 Å². The molecule has 0 spiro atoms. The Hall–Kier alpha value is -1.06. The number of carbonyl (C=O) groups is 2. The normalized spacial score (nSPS) is 25.1. The molecule has 2 aliphatic rings. The number of hydrogen-bond donors (Lipinski definition) is 0. The Labute approximate surface area is 96.6 Å². The van der Waals surface area contributed by atoms with Crippen LogP contribution in [0, 0.1) is 5.92 Å². The van der Waals surface area contributed by atoms with Crippen molar-refractivity contribution in [1.82, 2.24) is 9.80 Å². The van der Waals surface area contributed by atoms with Crippen LogP contribution in [0.2, 0.25) is 0 Å². The van der Waals surface area contributed by atoms with Crippen molar-refractivity contribution in [2.75, 3.05) is 19.6 Å². The molecule has 0 atom stereocenters. The lowest BCUT2D eigenvalue weighted by atomic mass is 9.83. The third-order valence-electron chi connectivity index (χ3n) is 3.86. The van der Waals surface area contributed by atoms with Crippen molar-refractivity contribution in [1.29, 1.82) is 0 Å². The summed E-state index contributed by atoms with van der Waals surface area (Å²) in [6.07, 6.45) is 4.18. The largest absolute Gasteiger partial charge is 0.338 e. The summed E-state index contributed by atoms with van der Waals surface area (Å²) in [5.41, 5.74) is -0.223. The summed E-state index contributed by atoms with van der Waals surface area (Å²) in [5, 5.41) is 0. The van der Waals surface area contributed by atoms with Crippen LogP contribution < -0.4 is 0 Å². The number of amides is 2. The molecule has 1 saturated heterocycles. The molecular weight excluding hydrogens is 204 g/mol. The lowest BCUT2D eigenvalue weighted by Gasteiger charge is -2.46. The molecule has 90 valence electrons. The molecule has 2 rings (SSSR count). The maximum atomic E-state index is 12.1. The summed E-state index contributed by atoms with van der Waals surface area (Å²) in [7, 11) is 0. The highest BCUT2D eigenvalue weighted by Gasteiger charge is 2.37. The molecular formula is C12H20N2O2. The van der Waals surface area contributed by atoms with Gasteiger partial charge < -0.3 is 9.80 Å². The minimum absolute atomic E-state index is 0.223. The van der Waals surface area contributed by atoms with Gasteiger partial charge in [0.05, 0.1) is 5.54 Å². The van der Waals surface area contributed by atoms with Gasteiger partial charge in [-0.15, -0.1) is 0 Å². The molecule has 1 saturated carbocycles. The molecule has 2 amide bonds. The van der Waals surface area contributed by atoms with Crippen LogP contribution in [0.1, 0.15) is 33.1 Å². The summed E-state index contributed by atoms with van der Waals surface area (Å²) >= 11 is 0. The van der Waals surface area contributed by atoms with E-state index in [4.69, 9.17) is 0 Å². The van der Waals surface area contributed by atoms with Gasteiger partial charge in [0.1, 0.15) is 0 Å². The maximum absolute atomic E-state index is 12.1. The van der Waals surface area contributed by atoms with E-state index in [0.29, 0.717) is 25.5 Å². The topological polar surface area (TPSA) is 40.6 Å². The van der Waals surface area contributed by atoms with E-state index in [-0.39, 0.29) is 11.5 Å². The molecule has 4 heteroatoms. The summed E-state index contributed by atoms with van der Waals surface area (Å²) in [4.78, 5) is 26.7. The van der Waals surface area contributed by atoms with Crippen molar-refractivity contribution >= 4 is 12.3 Å². The summed E-state index contributed by atoms with van der Waals surface area (Å²) < 4.78 is 0. The van der Waals surface area contributed by atoms with Crippen molar-refractivity contribution in [3.8, 4) is 0 Å². The third-order valence-corrected chi connectivity index (χ3v) is 3.86. The number of nitrogens with zero attached hydrogens (tertiary/aromatic N) is 2. The van der Waals surface area contributed by atoms with E-state index in [1.54, 1.807) is 4.90 Å². The molecule has 0 radical (unpaired) electrons. The lowest BCUT2D eigenvalue weighted by Crippen LogP contribution is -2.60. The van der Waals surface area contributed by atoms with Gasteiger partial charge in [-0.2, -0.15) is 0 Å². The van der Waals surface area contributed by atoms with Crippen LogP contribution in [0.25, 0.3) is 0 Å². The highest BCUT2D eigenvalue weighted by atomic mass is 16.2. The SMILES string of the molecule is CC1(C)CN(C(=O)C2CCC2)CCN1C=O. The maximum Gasteiger partial charge on any atom is 0.225 e. The molecule has 1 aliphatic carbocycles. The highest BCUT2D eigenvalue weighted by Crippen LogP contribution is 2.30. The standard InChI is InChI=1S/C12H20N2O2/c1-12(2)8-13(6-7-14(12)9-15)11(16)10-4-3-5-10/h9-10H,3-8H2,1-2H3. The van der Waals surface area contributed by atoms with Gasteiger partial charge >= 0.3 is 0 Å². The van der Waals surface area contributed by atoms with E-state index in [2.05, 4.69) is 0 Å². The van der Waals surface area contributed by atoms with Crippen molar-refractivity contribution in [3.05, 3.63) is 0 Å². The van der Waals surface area contributed by atoms with Gasteiger partial charge in [0.2, 0.25) is 12.3 Å². The van der Waals surface area contributed by atoms with Crippen LogP contribution in [0.15, 0.2) is 0 Å². The first-order valence-corrected chi connectivity index (χ1v) is 6.05. The van der Waals surface area contributed by atoms with Crippen LogP contribution in [-0.4, -0.2) is 47.3 Å². The fraction of sp³-hybridized carbons (Fsp3) is 0.833. The first kappa shape index (κ1) is 11.4. The Morgan fingerprint density at radius 1 is 1.31 bits per heavy atom. The monoisotopic (exact) mass is 224 g/mol. The first-order chi connectivity index (χ1) is 7.54. The molecule has 1 aliphatic heterocycles. The zero-order valence-corrected chi connectivity index (χ0v) is 10.1. The fourth-order valence-electron chi connectivity index (χ4n) is 2.46. The summed E-state index contributed by atoms with van der Waals surface area (Å²) in [5.74, 6) is 0.559. The molecule has 0 bridgehead atoms. The van der Waals surface area contributed by atoms with E-state index in [1.165, 1.54) is 6.42 Å². The Morgan fingerprint density at radius 2 is 2.00 bits per heavy atom. The second-order valence-corrected chi connectivity index (χ2v) is 5.50. The van der Waals surface area contributed by atoms with Gasteiger partial charge in [-0.25, -0.2) is 0 Å². The van der Waals surface area contributed by atoms with E-state index >= 15 is 0 Å². The van der Waals surface area contributed by atoms with Crippen LogP contribution in [-0.2, 0) is 9.59 Å². The quantitative estimate of drug-likeness (QED) is 0.653. The molecule has 0 aromatic carbocycles. The molecule has 0 unspecified atom stereocenters. The average molecular weight is 224 g/mol. The second kappa shape index (κ2) is 4.07. The van der Waals surface area contributed by atoms with Crippen molar-refractivity contribution < 1.29 is 9.59 Å². The zero-order chi connectivity index (χ0) is 11.8. The zero-order valence-electron chi connectivity index (χ0n) is 10.1. The Balaban J connectivity index is 1.98. The van der Waals surface area contributed by atoms with Crippen molar-refractivity contribution in [2.45, 2.75) is 38.6 Å². The molecule has 0 aromatic rings. The van der Waals surface area contributed by atoms with Crippen molar-refractivity contribution in [3.63, 3.8) is 0 Å². The number of hydrogen-bond acceptors (Lipinski definition) is 2. The highest BCUT2D eigenvalue weighted by molar-refractivity contribution is 5.80. The van der Waals surface area contributed by atoms with Gasteiger partial charge in [0.15, 0.2) is 0 Å². The molecule has 2 fully saturated rings. The molecule has 1 heterocycles. The van der Waals surface area contributed by atoms with Crippen LogP contribution in [0.5, 0.6) is 0 Å². The molecule has 16 heavy (non-hydrogen) atoms. The summed E-state index contributed by atoms with van der Waals surface area (Å²) in [6, 6.07) is 0. The first-order valence-electron chi connectivity index (χ1n) is 6.05. The minimum atomic E-state index is -0.223. The van der Waals surface area contributed by atoms with Gasteiger partial charge in [-0.1, -0.05) is 6.42 Å². The second-order valence-electron chi connectivity index (χ2n) is 5.50. The van der Waals surface area contributed by atoms with Crippen molar-refractivity contribution in [2.24, 2.45) is 5.92 Å². The molecule has 0 N–H and O–H groups in total. The average Bonchev–Trinajstić information content (AvgIpc) is 2.13. The smallest absolute Gasteiger partial charge is 0.225 e. The van der Waals surface area contributed by atoms with Crippen LogP contribution in [0.3, 0.4) is 0 Å². The fourth-order valence-corrected chi connectivity index (χ4v) is 2.46. The van der Waals surface area contributed by atoms with E-state index in [9.17, 15) is 9.59 Å². The predicted molar refractivity (Wildman–Crippen MR) is 60.8 cm³/mol. The predicted octanol–water partition coefficient (Wildman–Crippen LogP) is 0.866. The van der Waals surface area contributed by atoms with Gasteiger partial charge in [-0.3, -0.25) is 9.59 Å². The van der Waals surface area contributed by atoms with E-state index in [0.717, 1.165) is 19.3 Å². The lowest BCUT2D eigenvalue weighted by molar-refractivity contribution is -0.146. The number of piperazine rings is 1. The van der Waals surface area contributed by atoms with Gasteiger partial charge in [-0.05, 0) is 26.7 Å². The minimum Gasteiger partial charge on any atom is -0.338 e. The molecule has 0 aromatic heterocycles. The summed E-state index contributed by atoms with van der Waals surface area (Å²) in [6.45, 7) is 6.05. The third kappa shape index (κ3) is 1.93. The van der Waals surface area contributed by atoms with Gasteiger partial charge in [0.25, 0.3) is 0 Å². The Kier molecular flexibility index (Phi) is 2.91. The Bertz CT molecular complexity index is 297. The van der Waals surface area contributed by atoms with E-state index < -0.39 is 0 Å². The number of rotatable bonds is 2.